The molecule has 0 aromatic heterocycles. The van der Waals surface area contributed by atoms with Crippen molar-refractivity contribution < 1.29 is 9.13 Å². The quantitative estimate of drug-likeness (QED) is 0.344. The first-order valence-corrected chi connectivity index (χ1v) is 5.94. The molecule has 6 heteroatoms. The molecule has 1 rings (SSSR count). The van der Waals surface area contributed by atoms with Gasteiger partial charge < -0.3 is 15.4 Å². The molecule has 0 heterocycles. The van der Waals surface area contributed by atoms with Crippen molar-refractivity contribution in [3.63, 3.8) is 0 Å². The number of benzene rings is 1. The van der Waals surface area contributed by atoms with Gasteiger partial charge in [-0.15, -0.1) is 24.0 Å². The predicted octanol–water partition coefficient (Wildman–Crippen LogP) is 2.15. The summed E-state index contributed by atoms with van der Waals surface area (Å²) in [4.78, 5) is 4.10. The van der Waals surface area contributed by atoms with Crippen molar-refractivity contribution in [3.05, 3.63) is 35.6 Å². The standard InChI is InChI=1S/C13H20FN3O.HI/c1-15-13(16-8-3-9-18-2)17-10-11-4-6-12(14)7-5-11;/h4-7H,3,8-10H2,1-2H3,(H2,15,16,17);1H. The van der Waals surface area contributed by atoms with Crippen LogP contribution in [0.2, 0.25) is 0 Å². The first kappa shape index (κ1) is 18.1. The Morgan fingerprint density at radius 1 is 1.26 bits per heavy atom. The lowest BCUT2D eigenvalue weighted by molar-refractivity contribution is 0.195. The summed E-state index contributed by atoms with van der Waals surface area (Å²) in [7, 11) is 3.40. The molecule has 19 heavy (non-hydrogen) atoms. The Hall–Kier alpha value is -0.890. The maximum atomic E-state index is 12.7. The summed E-state index contributed by atoms with van der Waals surface area (Å²) in [6, 6.07) is 6.40. The average molecular weight is 381 g/mol. The number of hydrogen-bond acceptors (Lipinski definition) is 2. The van der Waals surface area contributed by atoms with Gasteiger partial charge in [0.15, 0.2) is 5.96 Å². The molecule has 0 spiro atoms. The SMILES string of the molecule is CN=C(NCCCOC)NCc1ccc(F)cc1.I. The van der Waals surface area contributed by atoms with Crippen LogP contribution in [-0.4, -0.2) is 33.3 Å². The highest BCUT2D eigenvalue weighted by molar-refractivity contribution is 14.0. The lowest BCUT2D eigenvalue weighted by Crippen LogP contribution is -2.37. The Kier molecular flexibility index (Phi) is 10.5. The Morgan fingerprint density at radius 2 is 1.95 bits per heavy atom. The molecule has 1 aromatic rings. The molecule has 0 amide bonds. The molecule has 0 saturated heterocycles. The third kappa shape index (κ3) is 7.99. The van der Waals surface area contributed by atoms with Gasteiger partial charge in [0.1, 0.15) is 5.82 Å². The van der Waals surface area contributed by atoms with Crippen LogP contribution in [0.25, 0.3) is 0 Å². The highest BCUT2D eigenvalue weighted by Crippen LogP contribution is 2.01. The van der Waals surface area contributed by atoms with Gasteiger partial charge in [-0.2, -0.15) is 0 Å². The number of nitrogens with zero attached hydrogens (tertiary/aromatic N) is 1. The summed E-state index contributed by atoms with van der Waals surface area (Å²) < 4.78 is 17.7. The molecule has 0 radical (unpaired) electrons. The number of rotatable bonds is 6. The van der Waals surface area contributed by atoms with Crippen LogP contribution in [0.5, 0.6) is 0 Å². The van der Waals surface area contributed by atoms with Crippen LogP contribution < -0.4 is 10.6 Å². The van der Waals surface area contributed by atoms with E-state index in [0.717, 1.165) is 31.1 Å². The topological polar surface area (TPSA) is 45.7 Å². The fourth-order valence-corrected chi connectivity index (χ4v) is 1.43. The molecule has 2 N–H and O–H groups in total. The van der Waals surface area contributed by atoms with Crippen LogP contribution in [0.3, 0.4) is 0 Å². The van der Waals surface area contributed by atoms with Gasteiger partial charge in [-0.05, 0) is 24.1 Å². The summed E-state index contributed by atoms with van der Waals surface area (Å²) in [5.41, 5.74) is 1.01. The Labute approximate surface area is 130 Å². The van der Waals surface area contributed by atoms with Crippen LogP contribution in [-0.2, 0) is 11.3 Å². The van der Waals surface area contributed by atoms with Crippen LogP contribution in [0.1, 0.15) is 12.0 Å². The molecule has 0 aliphatic carbocycles. The normalized spacial score (nSPS) is 10.8. The summed E-state index contributed by atoms with van der Waals surface area (Å²) in [5.74, 6) is 0.510. The highest BCUT2D eigenvalue weighted by atomic mass is 127. The van der Waals surface area contributed by atoms with E-state index >= 15 is 0 Å². The van der Waals surface area contributed by atoms with Crippen molar-refractivity contribution in [2.45, 2.75) is 13.0 Å². The van der Waals surface area contributed by atoms with Crippen LogP contribution >= 0.6 is 24.0 Å². The number of hydrogen-bond donors (Lipinski definition) is 2. The van der Waals surface area contributed by atoms with Crippen LogP contribution in [0.4, 0.5) is 4.39 Å². The van der Waals surface area contributed by atoms with Crippen molar-refractivity contribution in [2.75, 3.05) is 27.3 Å². The second kappa shape index (κ2) is 11.0. The zero-order chi connectivity index (χ0) is 13.2. The third-order valence-corrected chi connectivity index (χ3v) is 2.41. The van der Waals surface area contributed by atoms with Crippen molar-refractivity contribution in [1.29, 1.82) is 0 Å². The van der Waals surface area contributed by atoms with Crippen LogP contribution in [0, 0.1) is 5.82 Å². The molecule has 4 nitrogen and oxygen atoms in total. The van der Waals surface area contributed by atoms with E-state index in [-0.39, 0.29) is 29.8 Å². The number of methoxy groups -OCH3 is 1. The fraction of sp³-hybridized carbons (Fsp3) is 0.462. The largest absolute Gasteiger partial charge is 0.385 e. The molecule has 0 aliphatic heterocycles. The van der Waals surface area contributed by atoms with E-state index in [4.69, 9.17) is 4.74 Å². The monoisotopic (exact) mass is 381 g/mol. The summed E-state index contributed by atoms with van der Waals surface area (Å²) >= 11 is 0. The van der Waals surface area contributed by atoms with Crippen molar-refractivity contribution in [3.8, 4) is 0 Å². The summed E-state index contributed by atoms with van der Waals surface area (Å²) in [6.07, 6.45) is 0.924. The maximum Gasteiger partial charge on any atom is 0.191 e. The lowest BCUT2D eigenvalue weighted by atomic mass is 10.2. The maximum absolute atomic E-state index is 12.7. The molecular weight excluding hydrogens is 360 g/mol. The van der Waals surface area contributed by atoms with Gasteiger partial charge in [0.2, 0.25) is 0 Å². The fourth-order valence-electron chi connectivity index (χ4n) is 1.43. The zero-order valence-corrected chi connectivity index (χ0v) is 13.6. The molecular formula is C13H21FIN3O. The van der Waals surface area contributed by atoms with Gasteiger partial charge in [0.25, 0.3) is 0 Å². The lowest BCUT2D eigenvalue weighted by Gasteiger charge is -2.11. The number of ether oxygens (including phenoxy) is 1. The van der Waals surface area contributed by atoms with E-state index in [0.29, 0.717) is 6.54 Å². The first-order chi connectivity index (χ1) is 8.76. The van der Waals surface area contributed by atoms with Gasteiger partial charge in [0.05, 0.1) is 0 Å². The molecule has 108 valence electrons. The van der Waals surface area contributed by atoms with E-state index in [2.05, 4.69) is 15.6 Å². The van der Waals surface area contributed by atoms with E-state index in [1.807, 2.05) is 0 Å². The van der Waals surface area contributed by atoms with E-state index in [1.165, 1.54) is 12.1 Å². The van der Waals surface area contributed by atoms with Crippen molar-refractivity contribution in [2.24, 2.45) is 4.99 Å². The van der Waals surface area contributed by atoms with Gasteiger partial charge in [-0.25, -0.2) is 4.39 Å². The zero-order valence-electron chi connectivity index (χ0n) is 11.3. The predicted molar refractivity (Wildman–Crippen MR) is 86.5 cm³/mol. The minimum absolute atomic E-state index is 0. The Bertz CT molecular complexity index is 371. The average Bonchev–Trinajstić information content (AvgIpc) is 2.40. The van der Waals surface area contributed by atoms with Gasteiger partial charge in [0, 0.05) is 33.9 Å². The molecule has 0 atom stereocenters. The second-order valence-corrected chi connectivity index (χ2v) is 3.83. The van der Waals surface area contributed by atoms with Crippen molar-refractivity contribution in [1.82, 2.24) is 10.6 Å². The number of aliphatic imine (C=N–C) groups is 1. The van der Waals surface area contributed by atoms with E-state index in [9.17, 15) is 4.39 Å². The molecule has 1 aromatic carbocycles. The number of halogens is 2. The Balaban J connectivity index is 0.00000324. The molecule has 0 saturated carbocycles. The second-order valence-electron chi connectivity index (χ2n) is 3.83. The van der Waals surface area contributed by atoms with Gasteiger partial charge in [-0.3, -0.25) is 4.99 Å². The third-order valence-electron chi connectivity index (χ3n) is 2.41. The van der Waals surface area contributed by atoms with Crippen molar-refractivity contribution >= 4 is 29.9 Å². The van der Waals surface area contributed by atoms with Gasteiger partial charge in [-0.1, -0.05) is 12.1 Å². The first-order valence-electron chi connectivity index (χ1n) is 5.94. The summed E-state index contributed by atoms with van der Waals surface area (Å²) in [5, 5.41) is 6.33. The minimum Gasteiger partial charge on any atom is -0.385 e. The van der Waals surface area contributed by atoms with E-state index < -0.39 is 0 Å². The number of guanidine groups is 1. The minimum atomic E-state index is -0.221. The van der Waals surface area contributed by atoms with Crippen LogP contribution in [0.15, 0.2) is 29.3 Å². The molecule has 0 aliphatic rings. The van der Waals surface area contributed by atoms with Gasteiger partial charge >= 0.3 is 0 Å². The van der Waals surface area contributed by atoms with E-state index in [1.54, 1.807) is 26.3 Å². The molecule has 0 unspecified atom stereocenters. The molecule has 0 fully saturated rings. The Morgan fingerprint density at radius 3 is 2.53 bits per heavy atom. The number of nitrogens with one attached hydrogen (secondary N) is 2. The smallest absolute Gasteiger partial charge is 0.191 e. The summed E-state index contributed by atoms with van der Waals surface area (Å²) in [6.45, 7) is 2.14. The highest BCUT2D eigenvalue weighted by Gasteiger charge is 1.98. The molecule has 0 bridgehead atoms.